The third-order valence-corrected chi connectivity index (χ3v) is 12.6. The fourth-order valence-electron chi connectivity index (χ4n) is 10.7. The molecule has 1 heterocycles. The first kappa shape index (κ1) is 30.1. The van der Waals surface area contributed by atoms with Gasteiger partial charge in [0, 0.05) is 24.4 Å². The SMILES string of the molecule is CC(C)CC1(C)CCC2(C)C(CC=C3C2CCC2C4COCC32CCC4OCCN(Cc2ccccc2)C(=O)C=N)C1. The average Bonchev–Trinajstić information content (AvgIpc) is 2.97. The van der Waals surface area contributed by atoms with Crippen LogP contribution in [0, 0.1) is 51.2 Å². The lowest BCUT2D eigenvalue weighted by molar-refractivity contribution is -0.183. The lowest BCUT2D eigenvalue weighted by Gasteiger charge is -2.65. The van der Waals surface area contributed by atoms with Gasteiger partial charge in [-0.1, -0.05) is 69.7 Å². The van der Waals surface area contributed by atoms with E-state index in [1.165, 1.54) is 51.4 Å². The quantitative estimate of drug-likeness (QED) is 0.243. The van der Waals surface area contributed by atoms with E-state index in [2.05, 4.69) is 33.8 Å². The third kappa shape index (κ3) is 5.42. The summed E-state index contributed by atoms with van der Waals surface area (Å²) in [6.45, 7) is 13.2. The second kappa shape index (κ2) is 11.8. The minimum Gasteiger partial charge on any atom is -0.380 e. The molecule has 3 saturated carbocycles. The van der Waals surface area contributed by atoms with Crippen molar-refractivity contribution in [3.05, 3.63) is 47.5 Å². The first-order valence-electron chi connectivity index (χ1n) is 16.9. The predicted molar refractivity (Wildman–Crippen MR) is 168 cm³/mol. The molecule has 5 nitrogen and oxygen atoms in total. The Labute approximate surface area is 254 Å². The molecule has 8 unspecified atom stereocenters. The van der Waals surface area contributed by atoms with Crippen LogP contribution in [0.15, 0.2) is 42.0 Å². The van der Waals surface area contributed by atoms with Crippen LogP contribution < -0.4 is 0 Å². The summed E-state index contributed by atoms with van der Waals surface area (Å²) in [5.41, 5.74) is 4.00. The molecular weight excluding hydrogens is 520 g/mol. The molecule has 1 aliphatic heterocycles. The molecule has 0 radical (unpaired) electrons. The molecular formula is C37H54N2O3. The summed E-state index contributed by atoms with van der Waals surface area (Å²) >= 11 is 0. The number of fused-ring (bicyclic) bond motifs is 3. The van der Waals surface area contributed by atoms with E-state index in [9.17, 15) is 4.79 Å². The third-order valence-electron chi connectivity index (χ3n) is 12.6. The number of allylic oxidation sites excluding steroid dienone is 1. The number of carbonyl (C=O) groups is 1. The highest BCUT2D eigenvalue weighted by atomic mass is 16.5. The van der Waals surface area contributed by atoms with E-state index in [0.717, 1.165) is 49.2 Å². The molecule has 4 fully saturated rings. The topological polar surface area (TPSA) is 62.6 Å². The van der Waals surface area contributed by atoms with Gasteiger partial charge >= 0.3 is 0 Å². The van der Waals surface area contributed by atoms with Crippen molar-refractivity contribution in [3.8, 4) is 0 Å². The first-order chi connectivity index (χ1) is 20.2. The molecule has 4 aliphatic carbocycles. The Morgan fingerprint density at radius 1 is 1.14 bits per heavy atom. The van der Waals surface area contributed by atoms with Gasteiger partial charge < -0.3 is 19.8 Å². The highest BCUT2D eigenvalue weighted by Crippen LogP contribution is 2.68. The summed E-state index contributed by atoms with van der Waals surface area (Å²) in [4.78, 5) is 14.2. The number of hydrogen-bond acceptors (Lipinski definition) is 4. The van der Waals surface area contributed by atoms with Crippen LogP contribution in [-0.2, 0) is 20.8 Å². The fraction of sp³-hybridized carbons (Fsp3) is 0.730. The lowest BCUT2D eigenvalue weighted by atomic mass is 9.42. The van der Waals surface area contributed by atoms with Gasteiger partial charge in [0.2, 0.25) is 0 Å². The van der Waals surface area contributed by atoms with E-state index in [4.69, 9.17) is 14.9 Å². The molecule has 2 bridgehead atoms. The zero-order chi connectivity index (χ0) is 29.5. The summed E-state index contributed by atoms with van der Waals surface area (Å²) in [7, 11) is 0. The monoisotopic (exact) mass is 574 g/mol. The van der Waals surface area contributed by atoms with E-state index in [0.29, 0.717) is 42.4 Å². The standard InChI is InChI=1S/C37H54N2O3/c1-26(2)20-35(3)16-17-36(4)28(21-35)10-11-32-31(36)13-12-30-29-24-41-25-37(30,32)15-14-33(29)42-19-18-39(34(40)22-38)23-27-8-6-5-7-9-27/h5-9,11,22,26,28-31,33,38H,10,12-21,23-25H2,1-4H3. The van der Waals surface area contributed by atoms with Crippen molar-refractivity contribution < 1.29 is 14.3 Å². The van der Waals surface area contributed by atoms with Crippen molar-refractivity contribution in [2.45, 2.75) is 98.1 Å². The lowest BCUT2D eigenvalue weighted by Crippen LogP contribution is -2.60. The van der Waals surface area contributed by atoms with Crippen molar-refractivity contribution in [3.63, 3.8) is 0 Å². The number of benzene rings is 1. The van der Waals surface area contributed by atoms with Crippen molar-refractivity contribution in [2.75, 3.05) is 26.4 Å². The molecule has 230 valence electrons. The summed E-state index contributed by atoms with van der Waals surface area (Å²) in [5.74, 6) is 3.13. The van der Waals surface area contributed by atoms with Gasteiger partial charge in [-0.15, -0.1) is 0 Å². The first-order valence-corrected chi connectivity index (χ1v) is 16.9. The number of nitrogens with one attached hydrogen (secondary N) is 1. The van der Waals surface area contributed by atoms with E-state index in [1.54, 1.807) is 10.5 Å². The molecule has 1 aromatic carbocycles. The van der Waals surface area contributed by atoms with Crippen molar-refractivity contribution in [1.29, 1.82) is 5.41 Å². The van der Waals surface area contributed by atoms with Gasteiger partial charge in [-0.25, -0.2) is 0 Å². The van der Waals surface area contributed by atoms with Crippen molar-refractivity contribution in [1.82, 2.24) is 4.90 Å². The van der Waals surface area contributed by atoms with Gasteiger partial charge in [0.05, 0.1) is 32.1 Å². The number of hydrogen-bond donors (Lipinski definition) is 1. The van der Waals surface area contributed by atoms with Crippen LogP contribution in [0.25, 0.3) is 0 Å². The number of amides is 1. The minimum absolute atomic E-state index is 0.188. The Hall–Kier alpha value is -1.98. The Kier molecular flexibility index (Phi) is 8.48. The van der Waals surface area contributed by atoms with Crippen LogP contribution in [0.1, 0.15) is 91.0 Å². The molecule has 0 aromatic heterocycles. The summed E-state index contributed by atoms with van der Waals surface area (Å²) in [5, 5.41) is 7.54. The Morgan fingerprint density at radius 3 is 2.71 bits per heavy atom. The van der Waals surface area contributed by atoms with Gasteiger partial charge in [-0.2, -0.15) is 0 Å². The summed E-state index contributed by atoms with van der Waals surface area (Å²) in [6, 6.07) is 10.0. The second-order valence-electron chi connectivity index (χ2n) is 15.6. The largest absolute Gasteiger partial charge is 0.380 e. The Bertz CT molecular complexity index is 1160. The van der Waals surface area contributed by atoms with E-state index >= 15 is 0 Å². The normalized spacial score (nSPS) is 39.0. The van der Waals surface area contributed by atoms with Crippen LogP contribution in [0.4, 0.5) is 0 Å². The second-order valence-corrected chi connectivity index (χ2v) is 15.6. The van der Waals surface area contributed by atoms with Crippen LogP contribution in [0.3, 0.4) is 0 Å². The number of nitrogens with zero attached hydrogens (tertiary/aromatic N) is 1. The highest BCUT2D eigenvalue weighted by molar-refractivity contribution is 6.24. The maximum absolute atomic E-state index is 12.5. The van der Waals surface area contributed by atoms with E-state index in [-0.39, 0.29) is 17.4 Å². The van der Waals surface area contributed by atoms with Gasteiger partial charge in [-0.3, -0.25) is 4.79 Å². The van der Waals surface area contributed by atoms with E-state index in [1.807, 2.05) is 30.3 Å². The molecule has 5 aliphatic rings. The molecule has 8 atom stereocenters. The van der Waals surface area contributed by atoms with Crippen LogP contribution in [0.2, 0.25) is 0 Å². The predicted octanol–water partition coefficient (Wildman–Crippen LogP) is 7.69. The van der Waals surface area contributed by atoms with E-state index < -0.39 is 0 Å². The van der Waals surface area contributed by atoms with Crippen LogP contribution >= 0.6 is 0 Å². The maximum atomic E-state index is 12.5. The molecule has 0 spiro atoms. The fourth-order valence-corrected chi connectivity index (χ4v) is 10.7. The van der Waals surface area contributed by atoms with Crippen LogP contribution in [0.5, 0.6) is 0 Å². The number of carbonyl (C=O) groups excluding carboxylic acids is 1. The zero-order valence-corrected chi connectivity index (χ0v) is 26.6. The van der Waals surface area contributed by atoms with Crippen molar-refractivity contribution >= 4 is 12.1 Å². The number of rotatable bonds is 9. The summed E-state index contributed by atoms with van der Waals surface area (Å²) < 4.78 is 13.1. The summed E-state index contributed by atoms with van der Waals surface area (Å²) in [6.07, 6.45) is 15.5. The maximum Gasteiger partial charge on any atom is 0.264 e. The highest BCUT2D eigenvalue weighted by Gasteiger charge is 2.62. The molecule has 1 saturated heterocycles. The molecule has 1 aromatic rings. The van der Waals surface area contributed by atoms with Gasteiger partial charge in [-0.05, 0) is 97.9 Å². The number of ether oxygens (including phenoxy) is 2. The molecule has 5 heteroatoms. The molecule has 1 N–H and O–H groups in total. The molecule has 42 heavy (non-hydrogen) atoms. The zero-order valence-electron chi connectivity index (χ0n) is 26.6. The van der Waals surface area contributed by atoms with Crippen molar-refractivity contribution in [2.24, 2.45) is 45.8 Å². The Morgan fingerprint density at radius 2 is 1.95 bits per heavy atom. The van der Waals surface area contributed by atoms with Crippen LogP contribution in [-0.4, -0.2) is 49.5 Å². The molecule has 1 amide bonds. The average molecular weight is 575 g/mol. The molecule has 6 rings (SSSR count). The van der Waals surface area contributed by atoms with Gasteiger partial charge in [0.1, 0.15) is 0 Å². The van der Waals surface area contributed by atoms with Gasteiger partial charge in [0.15, 0.2) is 0 Å². The van der Waals surface area contributed by atoms with Gasteiger partial charge in [0.25, 0.3) is 5.91 Å². The Balaban J connectivity index is 1.13. The minimum atomic E-state index is -0.257. The smallest absolute Gasteiger partial charge is 0.264 e.